The van der Waals surface area contributed by atoms with Gasteiger partial charge >= 0.3 is 5.97 Å². The van der Waals surface area contributed by atoms with E-state index in [0.29, 0.717) is 5.69 Å². The highest BCUT2D eigenvalue weighted by atomic mass is 16.4. The fraction of sp³-hybridized carbons (Fsp3) is 0.111. The topological polar surface area (TPSA) is 66.4 Å². The maximum Gasteiger partial charge on any atom is 0.337 e. The van der Waals surface area contributed by atoms with E-state index in [0.717, 1.165) is 0 Å². The Morgan fingerprint density at radius 3 is 2.77 bits per heavy atom. The molecule has 0 bridgehead atoms. The van der Waals surface area contributed by atoms with Crippen molar-refractivity contribution in [3.8, 4) is 0 Å². The number of anilines is 1. The van der Waals surface area contributed by atoms with Gasteiger partial charge in [0.1, 0.15) is 0 Å². The molecule has 0 aliphatic heterocycles. The summed E-state index contributed by atoms with van der Waals surface area (Å²) in [6.45, 7) is 1.32. The smallest absolute Gasteiger partial charge is 0.337 e. The van der Waals surface area contributed by atoms with Crippen molar-refractivity contribution in [3.05, 3.63) is 29.8 Å². The van der Waals surface area contributed by atoms with Gasteiger partial charge in [-0.1, -0.05) is 6.07 Å². The molecular weight excluding hydrogens is 170 g/mol. The minimum Gasteiger partial charge on any atom is -0.478 e. The Hall–Kier alpha value is -1.84. The van der Waals surface area contributed by atoms with Gasteiger partial charge in [0.05, 0.1) is 11.3 Å². The number of rotatable bonds is 2. The van der Waals surface area contributed by atoms with Gasteiger partial charge in [-0.15, -0.1) is 0 Å². The largest absolute Gasteiger partial charge is 0.478 e. The first-order chi connectivity index (χ1) is 6.11. The monoisotopic (exact) mass is 178 g/mol. The van der Waals surface area contributed by atoms with E-state index in [1.807, 2.05) is 0 Å². The molecule has 0 aliphatic carbocycles. The molecule has 1 aromatic carbocycles. The van der Waals surface area contributed by atoms with Gasteiger partial charge in [0, 0.05) is 6.92 Å². The molecule has 4 heteroatoms. The average molecular weight is 178 g/mol. The van der Waals surface area contributed by atoms with Crippen molar-refractivity contribution in [2.45, 2.75) is 6.92 Å². The van der Waals surface area contributed by atoms with E-state index in [9.17, 15) is 9.59 Å². The van der Waals surface area contributed by atoms with Crippen LogP contribution in [0.3, 0.4) is 0 Å². The van der Waals surface area contributed by atoms with Crippen LogP contribution >= 0.6 is 0 Å². The van der Waals surface area contributed by atoms with Crippen molar-refractivity contribution >= 4 is 17.6 Å². The summed E-state index contributed by atoms with van der Waals surface area (Å²) in [5, 5.41) is 11.1. The normalized spacial score (nSPS) is 9.31. The molecule has 0 saturated carbocycles. The van der Waals surface area contributed by atoms with Crippen LogP contribution in [0.25, 0.3) is 0 Å². The minimum absolute atomic E-state index is 0.0395. The van der Waals surface area contributed by atoms with Crippen LogP contribution in [0, 0.1) is 6.07 Å². The van der Waals surface area contributed by atoms with E-state index in [1.54, 1.807) is 0 Å². The Bertz CT molecular complexity index is 346. The molecule has 2 N–H and O–H groups in total. The molecule has 0 fully saturated rings. The highest BCUT2D eigenvalue weighted by Gasteiger charge is 2.08. The molecule has 13 heavy (non-hydrogen) atoms. The number of carbonyl (C=O) groups excluding carboxylic acids is 1. The number of carboxylic acids is 1. The Morgan fingerprint density at radius 1 is 1.54 bits per heavy atom. The van der Waals surface area contributed by atoms with Crippen LogP contribution in [0.2, 0.25) is 0 Å². The third kappa shape index (κ3) is 2.30. The number of nitrogens with one attached hydrogen (secondary N) is 1. The summed E-state index contributed by atoms with van der Waals surface area (Å²) in [5.41, 5.74) is 0.330. The summed E-state index contributed by atoms with van der Waals surface area (Å²) in [5.74, 6) is -1.38. The lowest BCUT2D eigenvalue weighted by Gasteiger charge is -2.04. The van der Waals surface area contributed by atoms with Gasteiger partial charge in [0.15, 0.2) is 0 Å². The summed E-state index contributed by atoms with van der Waals surface area (Å²) >= 11 is 0. The van der Waals surface area contributed by atoms with Gasteiger partial charge in [0.2, 0.25) is 5.91 Å². The van der Waals surface area contributed by atoms with Gasteiger partial charge in [-0.3, -0.25) is 4.79 Å². The van der Waals surface area contributed by atoms with Crippen molar-refractivity contribution in [2.24, 2.45) is 0 Å². The van der Waals surface area contributed by atoms with Gasteiger partial charge in [-0.05, 0) is 18.2 Å². The van der Waals surface area contributed by atoms with Crippen LogP contribution in [0.15, 0.2) is 18.2 Å². The standard InChI is InChI=1S/C9H8NO3/c1-6(11)10-8-5-3-2-4-7(8)9(12)13/h3-5H,1H3,(H,10,11)(H,12,13). The van der Waals surface area contributed by atoms with E-state index in [4.69, 9.17) is 5.11 Å². The number of hydrogen-bond donors (Lipinski definition) is 2. The molecule has 0 saturated heterocycles. The first kappa shape index (κ1) is 9.25. The molecule has 1 radical (unpaired) electrons. The zero-order valence-corrected chi connectivity index (χ0v) is 7.00. The second-order valence-electron chi connectivity index (χ2n) is 2.46. The zero-order chi connectivity index (χ0) is 9.84. The van der Waals surface area contributed by atoms with Gasteiger partial charge < -0.3 is 10.4 Å². The second kappa shape index (κ2) is 3.71. The van der Waals surface area contributed by atoms with Crippen molar-refractivity contribution in [1.82, 2.24) is 0 Å². The molecule has 0 spiro atoms. The molecule has 1 aromatic rings. The summed E-state index contributed by atoms with van der Waals surface area (Å²) in [7, 11) is 0. The van der Waals surface area contributed by atoms with Crippen molar-refractivity contribution < 1.29 is 14.7 Å². The summed E-state index contributed by atoms with van der Waals surface area (Å²) in [4.78, 5) is 21.3. The first-order valence-electron chi connectivity index (χ1n) is 3.62. The molecule has 0 atom stereocenters. The third-order valence-electron chi connectivity index (χ3n) is 1.41. The van der Waals surface area contributed by atoms with Crippen molar-refractivity contribution in [3.63, 3.8) is 0 Å². The van der Waals surface area contributed by atoms with Crippen molar-refractivity contribution in [1.29, 1.82) is 0 Å². The lowest BCUT2D eigenvalue weighted by molar-refractivity contribution is -0.114. The molecule has 1 amide bonds. The van der Waals surface area contributed by atoms with Crippen LogP contribution in [0.4, 0.5) is 5.69 Å². The average Bonchev–Trinajstić information content (AvgIpc) is 2.03. The number of aromatic carboxylic acids is 1. The molecule has 0 aromatic heterocycles. The van der Waals surface area contributed by atoms with E-state index < -0.39 is 5.97 Å². The Balaban J connectivity index is 3.04. The van der Waals surface area contributed by atoms with E-state index >= 15 is 0 Å². The van der Waals surface area contributed by atoms with E-state index in [2.05, 4.69) is 11.4 Å². The maximum atomic E-state index is 10.7. The lowest BCUT2D eigenvalue weighted by Crippen LogP contribution is -2.10. The first-order valence-corrected chi connectivity index (χ1v) is 3.62. The SMILES string of the molecule is CC(=O)Nc1cc[c]cc1C(=O)O. The molecule has 0 aliphatic rings. The van der Waals surface area contributed by atoms with Crippen LogP contribution in [-0.2, 0) is 4.79 Å². The van der Waals surface area contributed by atoms with Crippen LogP contribution in [-0.4, -0.2) is 17.0 Å². The molecular formula is C9H8NO3. The predicted octanol–water partition coefficient (Wildman–Crippen LogP) is 1.14. The number of amides is 1. The molecule has 4 nitrogen and oxygen atoms in total. The second-order valence-corrected chi connectivity index (χ2v) is 2.46. The molecule has 0 unspecified atom stereocenters. The van der Waals surface area contributed by atoms with Crippen LogP contribution < -0.4 is 5.32 Å². The Kier molecular flexibility index (Phi) is 2.64. The third-order valence-corrected chi connectivity index (χ3v) is 1.41. The number of carboxylic acid groups (broad SMARTS) is 1. The van der Waals surface area contributed by atoms with Crippen LogP contribution in [0.5, 0.6) is 0 Å². The van der Waals surface area contributed by atoms with Gasteiger partial charge in [-0.2, -0.15) is 0 Å². The van der Waals surface area contributed by atoms with Gasteiger partial charge in [-0.25, -0.2) is 4.79 Å². The Morgan fingerprint density at radius 2 is 2.23 bits per heavy atom. The lowest BCUT2D eigenvalue weighted by atomic mass is 10.2. The fourth-order valence-electron chi connectivity index (χ4n) is 0.906. The maximum absolute atomic E-state index is 10.7. The number of benzene rings is 1. The van der Waals surface area contributed by atoms with Crippen molar-refractivity contribution in [2.75, 3.05) is 5.32 Å². The number of carbonyl (C=O) groups is 2. The molecule has 1 rings (SSSR count). The highest BCUT2D eigenvalue weighted by Crippen LogP contribution is 2.13. The fourth-order valence-corrected chi connectivity index (χ4v) is 0.906. The molecule has 0 heterocycles. The van der Waals surface area contributed by atoms with Gasteiger partial charge in [0.25, 0.3) is 0 Å². The van der Waals surface area contributed by atoms with Crippen LogP contribution in [0.1, 0.15) is 17.3 Å². The van der Waals surface area contributed by atoms with E-state index in [1.165, 1.54) is 25.1 Å². The Labute approximate surface area is 75.2 Å². The minimum atomic E-state index is -1.08. The van der Waals surface area contributed by atoms with E-state index in [-0.39, 0.29) is 11.5 Å². The molecule has 67 valence electrons. The number of hydrogen-bond acceptors (Lipinski definition) is 2. The summed E-state index contributed by atoms with van der Waals surface area (Å²) < 4.78 is 0. The summed E-state index contributed by atoms with van der Waals surface area (Å²) in [6, 6.07) is 6.97. The highest BCUT2D eigenvalue weighted by molar-refractivity contribution is 5.99. The summed E-state index contributed by atoms with van der Waals surface area (Å²) in [6.07, 6.45) is 0. The predicted molar refractivity (Wildman–Crippen MR) is 46.5 cm³/mol. The zero-order valence-electron chi connectivity index (χ0n) is 7.00. The quantitative estimate of drug-likeness (QED) is 0.713.